The second-order valence-corrected chi connectivity index (χ2v) is 5.48. The maximum atomic E-state index is 4.11. The van der Waals surface area contributed by atoms with E-state index >= 15 is 0 Å². The second kappa shape index (κ2) is 6.90. The van der Waals surface area contributed by atoms with Crippen molar-refractivity contribution in [3.8, 4) is 0 Å². The van der Waals surface area contributed by atoms with Gasteiger partial charge in [-0.25, -0.2) is 0 Å². The van der Waals surface area contributed by atoms with Gasteiger partial charge in [-0.05, 0) is 49.1 Å². The van der Waals surface area contributed by atoms with Crippen LogP contribution >= 0.6 is 0 Å². The summed E-state index contributed by atoms with van der Waals surface area (Å²) in [4.78, 5) is 0. The molecule has 0 aliphatic carbocycles. The summed E-state index contributed by atoms with van der Waals surface area (Å²) in [6.07, 6.45) is 2.25. The van der Waals surface area contributed by atoms with E-state index in [1.54, 1.807) is 0 Å². The normalized spacial score (nSPS) is 9.86. The van der Waals surface area contributed by atoms with Crippen molar-refractivity contribution in [3.05, 3.63) is 101 Å². The molecule has 0 aliphatic rings. The third-order valence-corrected chi connectivity index (χ3v) is 3.46. The number of benzene rings is 2. The maximum absolute atomic E-state index is 4.11. The lowest BCUT2D eigenvalue weighted by atomic mass is 9.93. The quantitative estimate of drug-likeness (QED) is 0.597. The summed E-state index contributed by atoms with van der Waals surface area (Å²) >= 11 is 0. The number of hydrogen-bond donors (Lipinski definition) is 0. The van der Waals surface area contributed by atoms with E-state index in [1.165, 1.54) is 27.8 Å². The fraction of sp³-hybridized carbons (Fsp3) is 0.143. The first-order valence-electron chi connectivity index (χ1n) is 7.25. The van der Waals surface area contributed by atoms with Crippen LogP contribution in [0.15, 0.2) is 90.0 Å². The van der Waals surface area contributed by atoms with Crippen molar-refractivity contribution in [2.75, 3.05) is 0 Å². The average molecular weight is 274 g/mol. The van der Waals surface area contributed by atoms with Gasteiger partial charge < -0.3 is 0 Å². The lowest BCUT2D eigenvalue weighted by molar-refractivity contribution is 1.29. The second-order valence-electron chi connectivity index (χ2n) is 5.48. The van der Waals surface area contributed by atoms with Crippen LogP contribution in [0.4, 0.5) is 0 Å². The standard InChI is InChI=1S/C21H22/c1-16(2)20(17(3)4)15-21(18-11-7-5-8-12-18)19-13-9-6-10-14-19/h5-15H,1H2,2-4H3. The van der Waals surface area contributed by atoms with Crippen molar-refractivity contribution in [1.82, 2.24) is 0 Å². The van der Waals surface area contributed by atoms with Gasteiger partial charge in [0.1, 0.15) is 0 Å². The topological polar surface area (TPSA) is 0 Å². The largest absolute Gasteiger partial charge is 0.0955 e. The first-order chi connectivity index (χ1) is 10.1. The molecular formula is C21H22. The minimum atomic E-state index is 1.10. The Balaban J connectivity index is 2.63. The molecule has 2 rings (SSSR count). The molecule has 0 saturated heterocycles. The molecule has 0 heteroatoms. The van der Waals surface area contributed by atoms with Gasteiger partial charge in [0, 0.05) is 0 Å². The van der Waals surface area contributed by atoms with Crippen molar-refractivity contribution in [2.24, 2.45) is 0 Å². The summed E-state index contributed by atoms with van der Waals surface area (Å²) < 4.78 is 0. The van der Waals surface area contributed by atoms with Gasteiger partial charge in [0.2, 0.25) is 0 Å². The first kappa shape index (κ1) is 15.1. The molecule has 21 heavy (non-hydrogen) atoms. The zero-order valence-electron chi connectivity index (χ0n) is 13.1. The van der Waals surface area contributed by atoms with E-state index < -0.39 is 0 Å². The molecule has 2 aromatic carbocycles. The Labute approximate surface area is 128 Å². The van der Waals surface area contributed by atoms with Crippen LogP contribution in [-0.2, 0) is 0 Å². The Morgan fingerprint density at radius 2 is 1.19 bits per heavy atom. The predicted molar refractivity (Wildman–Crippen MR) is 93.2 cm³/mol. The lowest BCUT2D eigenvalue weighted by Crippen LogP contribution is -1.91. The highest BCUT2D eigenvalue weighted by Crippen LogP contribution is 2.27. The summed E-state index contributed by atoms with van der Waals surface area (Å²) in [6.45, 7) is 10.4. The van der Waals surface area contributed by atoms with Gasteiger partial charge in [-0.2, -0.15) is 0 Å². The number of hydrogen-bond acceptors (Lipinski definition) is 0. The Kier molecular flexibility index (Phi) is 4.94. The fourth-order valence-electron chi connectivity index (χ4n) is 2.41. The molecule has 0 radical (unpaired) electrons. The highest BCUT2D eigenvalue weighted by atomic mass is 14.1. The number of rotatable bonds is 4. The van der Waals surface area contributed by atoms with Crippen LogP contribution in [0.25, 0.3) is 5.57 Å². The van der Waals surface area contributed by atoms with Gasteiger partial charge in [0.05, 0.1) is 0 Å². The Morgan fingerprint density at radius 3 is 1.52 bits per heavy atom. The third kappa shape index (κ3) is 3.82. The van der Waals surface area contributed by atoms with Crippen molar-refractivity contribution in [1.29, 1.82) is 0 Å². The van der Waals surface area contributed by atoms with Gasteiger partial charge in [0.25, 0.3) is 0 Å². The molecule has 0 aliphatic heterocycles. The van der Waals surface area contributed by atoms with Crippen LogP contribution in [0.5, 0.6) is 0 Å². The smallest absolute Gasteiger partial charge is 0.0105 e. The molecule has 106 valence electrons. The summed E-state index contributed by atoms with van der Waals surface area (Å²) in [5.74, 6) is 0. The Morgan fingerprint density at radius 1 is 0.762 bits per heavy atom. The zero-order valence-corrected chi connectivity index (χ0v) is 13.1. The molecule has 0 atom stereocenters. The average Bonchev–Trinajstić information content (AvgIpc) is 2.49. The molecule has 0 saturated carbocycles. The summed E-state index contributed by atoms with van der Waals surface area (Å²) in [5.41, 5.74) is 7.28. The minimum Gasteiger partial charge on any atom is -0.0955 e. The van der Waals surface area contributed by atoms with Crippen molar-refractivity contribution in [3.63, 3.8) is 0 Å². The molecule has 2 aromatic rings. The molecule has 0 nitrogen and oxygen atoms in total. The Hall–Kier alpha value is -2.34. The van der Waals surface area contributed by atoms with Crippen LogP contribution in [0.1, 0.15) is 31.9 Å². The molecule has 0 N–H and O–H groups in total. The highest BCUT2D eigenvalue weighted by Gasteiger charge is 2.07. The summed E-state index contributed by atoms with van der Waals surface area (Å²) in [6, 6.07) is 21.0. The predicted octanol–water partition coefficient (Wildman–Crippen LogP) is 6.03. The molecule has 0 unspecified atom stereocenters. The van der Waals surface area contributed by atoms with Gasteiger partial charge in [0.15, 0.2) is 0 Å². The molecule has 0 fully saturated rings. The van der Waals surface area contributed by atoms with Crippen LogP contribution in [0.2, 0.25) is 0 Å². The van der Waals surface area contributed by atoms with Crippen LogP contribution in [0.3, 0.4) is 0 Å². The molecular weight excluding hydrogens is 252 g/mol. The summed E-state index contributed by atoms with van der Waals surface area (Å²) in [5, 5.41) is 0. The lowest BCUT2D eigenvalue weighted by Gasteiger charge is -2.12. The van der Waals surface area contributed by atoms with E-state index in [2.05, 4.69) is 82.0 Å². The van der Waals surface area contributed by atoms with E-state index in [4.69, 9.17) is 0 Å². The van der Waals surface area contributed by atoms with Gasteiger partial charge in [-0.3, -0.25) is 0 Å². The van der Waals surface area contributed by atoms with Crippen molar-refractivity contribution >= 4 is 5.57 Å². The maximum Gasteiger partial charge on any atom is -0.0105 e. The van der Waals surface area contributed by atoms with Gasteiger partial charge in [-0.15, -0.1) is 0 Å². The monoisotopic (exact) mass is 274 g/mol. The van der Waals surface area contributed by atoms with Crippen molar-refractivity contribution < 1.29 is 0 Å². The molecule has 0 bridgehead atoms. The number of allylic oxidation sites excluding steroid dienone is 4. The minimum absolute atomic E-state index is 1.10. The van der Waals surface area contributed by atoms with Gasteiger partial charge in [-0.1, -0.05) is 78.4 Å². The van der Waals surface area contributed by atoms with Crippen LogP contribution < -0.4 is 0 Å². The molecule has 0 aromatic heterocycles. The highest BCUT2D eigenvalue weighted by molar-refractivity contribution is 5.82. The van der Waals surface area contributed by atoms with E-state index in [0.29, 0.717) is 0 Å². The van der Waals surface area contributed by atoms with Crippen LogP contribution in [-0.4, -0.2) is 0 Å². The molecule has 0 amide bonds. The zero-order chi connectivity index (χ0) is 15.2. The van der Waals surface area contributed by atoms with E-state index in [0.717, 1.165) is 5.57 Å². The third-order valence-electron chi connectivity index (χ3n) is 3.46. The SMILES string of the molecule is C=C(C)C(C=C(c1ccccc1)c1ccccc1)=C(C)C. The first-order valence-corrected chi connectivity index (χ1v) is 7.25. The summed E-state index contributed by atoms with van der Waals surface area (Å²) in [7, 11) is 0. The fourth-order valence-corrected chi connectivity index (χ4v) is 2.41. The Bertz CT molecular complexity index is 625. The van der Waals surface area contributed by atoms with E-state index in [9.17, 15) is 0 Å². The molecule has 0 spiro atoms. The molecule has 0 heterocycles. The van der Waals surface area contributed by atoms with Crippen LogP contribution in [0, 0.1) is 0 Å². The van der Waals surface area contributed by atoms with E-state index in [-0.39, 0.29) is 0 Å². The van der Waals surface area contributed by atoms with Crippen molar-refractivity contribution in [2.45, 2.75) is 20.8 Å². The van der Waals surface area contributed by atoms with Gasteiger partial charge >= 0.3 is 0 Å². The van der Waals surface area contributed by atoms with E-state index in [1.807, 2.05) is 12.1 Å².